The van der Waals surface area contributed by atoms with Gasteiger partial charge in [0.25, 0.3) is 0 Å². The molecule has 0 saturated carbocycles. The van der Waals surface area contributed by atoms with Gasteiger partial charge in [-0.2, -0.15) is 0 Å². The molecule has 2 aliphatic rings. The lowest BCUT2D eigenvalue weighted by molar-refractivity contribution is -0.274. The van der Waals surface area contributed by atoms with Gasteiger partial charge in [-0.15, -0.1) is 13.2 Å². The highest BCUT2D eigenvalue weighted by Gasteiger charge is 2.41. The summed E-state index contributed by atoms with van der Waals surface area (Å²) in [6, 6.07) is 17.4. The fourth-order valence-electron chi connectivity index (χ4n) is 4.32. The van der Waals surface area contributed by atoms with Gasteiger partial charge in [-0.1, -0.05) is 24.3 Å². The number of nitrogens with one attached hydrogen (secondary N) is 2. The molecule has 36 heavy (non-hydrogen) atoms. The van der Waals surface area contributed by atoms with E-state index in [1.54, 1.807) is 0 Å². The van der Waals surface area contributed by atoms with E-state index in [-0.39, 0.29) is 18.1 Å². The molecule has 1 fully saturated rings. The number of hydrogen-bond donors (Lipinski definition) is 3. The number of aliphatic hydroxyl groups is 1. The third-order valence-corrected chi connectivity index (χ3v) is 7.47. The molecule has 5 rings (SSSR count). The van der Waals surface area contributed by atoms with E-state index in [0.717, 1.165) is 35.6 Å². The molecule has 3 N–H and O–H groups in total. The molecule has 0 spiro atoms. The number of rotatable bonds is 5. The Kier molecular flexibility index (Phi) is 6.29. The summed E-state index contributed by atoms with van der Waals surface area (Å²) in [6.45, 7) is 0.140. The summed E-state index contributed by atoms with van der Waals surface area (Å²) < 4.78 is 77.0. The summed E-state index contributed by atoms with van der Waals surface area (Å²) >= 11 is 0. The molecule has 0 radical (unpaired) electrons. The predicted octanol–water partition coefficient (Wildman–Crippen LogP) is 4.57. The van der Waals surface area contributed by atoms with Gasteiger partial charge in [0.2, 0.25) is 0 Å². The lowest BCUT2D eigenvalue weighted by Gasteiger charge is -2.44. The van der Waals surface area contributed by atoms with Gasteiger partial charge in [0.05, 0.1) is 47.7 Å². The maximum atomic E-state index is 13.2. The Labute approximate surface area is 205 Å². The van der Waals surface area contributed by atoms with Crippen molar-refractivity contribution in [1.82, 2.24) is 4.72 Å². The van der Waals surface area contributed by atoms with Crippen molar-refractivity contribution in [3.8, 4) is 17.2 Å². The maximum Gasteiger partial charge on any atom is 0.573 e. The van der Waals surface area contributed by atoms with Gasteiger partial charge >= 0.3 is 6.36 Å². The first-order valence-electron chi connectivity index (χ1n) is 11.0. The normalized spacial score (nSPS) is 23.1. The minimum atomic E-state index is -4.86. The van der Waals surface area contributed by atoms with Crippen LogP contribution in [0.3, 0.4) is 0 Å². The summed E-state index contributed by atoms with van der Waals surface area (Å²) in [7, 11) is -3.70. The van der Waals surface area contributed by atoms with Crippen LogP contribution in [0.4, 0.5) is 24.5 Å². The smallest absolute Gasteiger partial charge is 0.453 e. The SMILES string of the molecule is N=S(=O)(N[C@H]1COC[C@H](N2c3ccccc3Oc3ccccc32)[C@@H]1O)c1ccc(OC(F)(F)F)cc1. The molecular formula is C24H22F3N3O5S. The molecule has 0 aliphatic carbocycles. The molecule has 4 atom stereocenters. The Morgan fingerprint density at radius 2 is 1.56 bits per heavy atom. The Bertz CT molecular complexity index is 1310. The van der Waals surface area contributed by atoms with Gasteiger partial charge in [-0.3, -0.25) is 0 Å². The molecule has 2 aliphatic heterocycles. The quantitative estimate of drug-likeness (QED) is 0.455. The lowest BCUT2D eigenvalue weighted by Crippen LogP contribution is -2.60. The van der Waals surface area contributed by atoms with Crippen LogP contribution in [0.1, 0.15) is 0 Å². The fraction of sp³-hybridized carbons (Fsp3) is 0.250. The number of halogens is 3. The largest absolute Gasteiger partial charge is 0.573 e. The first kappa shape index (κ1) is 24.4. The number of benzene rings is 3. The van der Waals surface area contributed by atoms with Crippen LogP contribution in [0.25, 0.3) is 0 Å². The highest BCUT2D eigenvalue weighted by atomic mass is 32.2. The third kappa shape index (κ3) is 4.85. The van der Waals surface area contributed by atoms with Crippen molar-refractivity contribution in [2.24, 2.45) is 0 Å². The zero-order chi connectivity index (χ0) is 25.5. The highest BCUT2D eigenvalue weighted by molar-refractivity contribution is 7.90. The van der Waals surface area contributed by atoms with Crippen LogP contribution in [0.15, 0.2) is 77.7 Å². The molecule has 12 heteroatoms. The minimum absolute atomic E-state index is 0.0174. The Balaban J connectivity index is 1.39. The molecule has 3 aromatic rings. The zero-order valence-electron chi connectivity index (χ0n) is 18.6. The molecule has 0 bridgehead atoms. The molecule has 2 heterocycles. The number of para-hydroxylation sites is 4. The summed E-state index contributed by atoms with van der Waals surface area (Å²) in [4.78, 5) is 1.84. The summed E-state index contributed by atoms with van der Waals surface area (Å²) in [5.74, 6) is 0.708. The molecule has 3 aromatic carbocycles. The van der Waals surface area contributed by atoms with Gasteiger partial charge in [0, 0.05) is 0 Å². The van der Waals surface area contributed by atoms with Gasteiger partial charge in [0.15, 0.2) is 11.5 Å². The van der Waals surface area contributed by atoms with Crippen molar-refractivity contribution in [1.29, 1.82) is 4.78 Å². The van der Waals surface area contributed by atoms with E-state index < -0.39 is 40.2 Å². The first-order valence-corrected chi connectivity index (χ1v) is 12.5. The van der Waals surface area contributed by atoms with Crippen molar-refractivity contribution >= 4 is 21.3 Å². The number of ether oxygens (including phenoxy) is 3. The third-order valence-electron chi connectivity index (χ3n) is 5.90. The van der Waals surface area contributed by atoms with Gasteiger partial charge in [-0.05, 0) is 48.5 Å². The number of alkyl halides is 3. The Morgan fingerprint density at radius 1 is 0.972 bits per heavy atom. The standard InChI is InChI=1S/C24H22F3N3O5S/c25-24(26,27)35-15-9-11-16(12-10-15)36(28,32)29-17-13-33-14-20(23(17)31)30-18-5-1-3-7-21(18)34-22-8-4-2-6-19(22)30/h1-12,17,20,23,31H,13-14H2,(H2,28,29,32)/t17-,20-,23+,36?/m0/s1. The van der Waals surface area contributed by atoms with Crippen molar-refractivity contribution in [3.63, 3.8) is 0 Å². The average molecular weight is 522 g/mol. The molecule has 0 amide bonds. The Hall–Kier alpha value is -3.32. The first-order chi connectivity index (χ1) is 17.1. The van der Waals surface area contributed by atoms with Crippen molar-refractivity contribution in [2.75, 3.05) is 18.1 Å². The maximum absolute atomic E-state index is 13.2. The van der Waals surface area contributed by atoms with E-state index in [9.17, 15) is 22.5 Å². The van der Waals surface area contributed by atoms with Gasteiger partial charge < -0.3 is 24.2 Å². The van der Waals surface area contributed by atoms with E-state index in [2.05, 4.69) is 9.46 Å². The summed E-state index contributed by atoms with van der Waals surface area (Å²) in [6.07, 6.45) is -5.98. The topological polar surface area (TPSA) is 104 Å². The van der Waals surface area contributed by atoms with Crippen LogP contribution < -0.4 is 19.1 Å². The summed E-state index contributed by atoms with van der Waals surface area (Å²) in [5, 5.41) is 11.3. The second-order valence-corrected chi connectivity index (χ2v) is 10.1. The summed E-state index contributed by atoms with van der Waals surface area (Å²) in [5.41, 5.74) is 1.44. The molecular weight excluding hydrogens is 499 g/mol. The number of hydrogen-bond acceptors (Lipinski definition) is 7. The second-order valence-electron chi connectivity index (χ2n) is 8.30. The predicted molar refractivity (Wildman–Crippen MR) is 125 cm³/mol. The molecule has 0 aromatic heterocycles. The minimum Gasteiger partial charge on any atom is -0.453 e. The van der Waals surface area contributed by atoms with Crippen molar-refractivity contribution in [3.05, 3.63) is 72.8 Å². The van der Waals surface area contributed by atoms with Crippen LogP contribution >= 0.6 is 0 Å². The Morgan fingerprint density at radius 3 is 2.14 bits per heavy atom. The van der Waals surface area contributed by atoms with Crippen molar-refractivity contribution < 1.29 is 36.7 Å². The van der Waals surface area contributed by atoms with Crippen LogP contribution in [0.5, 0.6) is 17.2 Å². The number of fused-ring (bicyclic) bond motifs is 2. The van der Waals surface area contributed by atoms with E-state index in [0.29, 0.717) is 11.5 Å². The van der Waals surface area contributed by atoms with Crippen molar-refractivity contribution in [2.45, 2.75) is 29.4 Å². The van der Waals surface area contributed by atoms with Crippen LogP contribution in [0.2, 0.25) is 0 Å². The number of nitrogens with zero attached hydrogens (tertiary/aromatic N) is 1. The molecule has 190 valence electrons. The van der Waals surface area contributed by atoms with E-state index in [1.165, 1.54) is 0 Å². The van der Waals surface area contributed by atoms with E-state index in [1.807, 2.05) is 53.4 Å². The van der Waals surface area contributed by atoms with Gasteiger partial charge in [-0.25, -0.2) is 13.7 Å². The highest BCUT2D eigenvalue weighted by Crippen LogP contribution is 2.48. The molecule has 8 nitrogen and oxygen atoms in total. The average Bonchev–Trinajstić information content (AvgIpc) is 2.83. The zero-order valence-corrected chi connectivity index (χ0v) is 19.5. The second kappa shape index (κ2) is 9.28. The van der Waals surface area contributed by atoms with Crippen LogP contribution in [0, 0.1) is 4.78 Å². The van der Waals surface area contributed by atoms with Crippen LogP contribution in [-0.2, 0) is 14.7 Å². The monoisotopic (exact) mass is 521 g/mol. The number of aliphatic hydroxyl groups excluding tert-OH is 1. The lowest BCUT2D eigenvalue weighted by atomic mass is 9.98. The van der Waals surface area contributed by atoms with Crippen LogP contribution in [-0.4, -0.2) is 47.1 Å². The molecule has 1 saturated heterocycles. The fourth-order valence-corrected chi connectivity index (χ4v) is 5.61. The molecule has 1 unspecified atom stereocenters. The van der Waals surface area contributed by atoms with Gasteiger partial charge in [0.1, 0.15) is 15.7 Å². The number of anilines is 2. The van der Waals surface area contributed by atoms with E-state index >= 15 is 0 Å². The van der Waals surface area contributed by atoms with E-state index in [4.69, 9.17) is 14.3 Å².